The zero-order valence-electron chi connectivity index (χ0n) is 13.8. The molecule has 2 aliphatic heterocycles. The minimum Gasteiger partial charge on any atom is -0.494 e. The topological polar surface area (TPSA) is 50.8 Å². The van der Waals surface area contributed by atoms with Gasteiger partial charge in [-0.05, 0) is 56.5 Å². The zero-order valence-corrected chi connectivity index (χ0v) is 13.8. The number of carbonyl (C=O) groups is 1. The average Bonchev–Trinajstić information content (AvgIpc) is 2.84. The molecule has 0 spiro atoms. The number of ether oxygens (including phenoxy) is 2. The average molecular weight is 318 g/mol. The number of carbonyl (C=O) groups excluding carboxylic acids is 1. The van der Waals surface area contributed by atoms with Crippen molar-refractivity contribution >= 4 is 5.91 Å². The van der Waals surface area contributed by atoms with Crippen LogP contribution in [0.25, 0.3) is 0 Å². The van der Waals surface area contributed by atoms with Crippen LogP contribution in [-0.2, 0) is 4.79 Å². The van der Waals surface area contributed by atoms with Gasteiger partial charge in [0.2, 0.25) is 0 Å². The van der Waals surface area contributed by atoms with Crippen LogP contribution >= 0.6 is 0 Å². The van der Waals surface area contributed by atoms with Crippen molar-refractivity contribution in [3.63, 3.8) is 0 Å². The molecule has 0 radical (unpaired) electrons. The van der Waals surface area contributed by atoms with E-state index in [1.807, 2.05) is 24.3 Å². The highest BCUT2D eigenvalue weighted by Crippen LogP contribution is 2.28. The van der Waals surface area contributed by atoms with Crippen LogP contribution in [0.1, 0.15) is 32.6 Å². The van der Waals surface area contributed by atoms with Crippen LogP contribution in [0.15, 0.2) is 24.3 Å². The molecule has 0 aliphatic carbocycles. The molecule has 3 rings (SSSR count). The summed E-state index contributed by atoms with van der Waals surface area (Å²) in [6.07, 6.45) is 4.26. The van der Waals surface area contributed by atoms with Crippen molar-refractivity contribution in [2.45, 2.75) is 44.7 Å². The van der Waals surface area contributed by atoms with Crippen molar-refractivity contribution in [2.75, 3.05) is 26.3 Å². The van der Waals surface area contributed by atoms with Crippen LogP contribution in [0.3, 0.4) is 0 Å². The number of benzene rings is 1. The first-order valence-electron chi connectivity index (χ1n) is 8.65. The van der Waals surface area contributed by atoms with Gasteiger partial charge in [-0.15, -0.1) is 0 Å². The van der Waals surface area contributed by atoms with E-state index in [1.54, 1.807) is 0 Å². The molecule has 5 heteroatoms. The molecule has 1 aromatic carbocycles. The van der Waals surface area contributed by atoms with E-state index in [0.29, 0.717) is 24.4 Å². The van der Waals surface area contributed by atoms with Gasteiger partial charge in [0.25, 0.3) is 5.91 Å². The normalized spacial score (nSPS) is 23.4. The first-order valence-corrected chi connectivity index (χ1v) is 8.65. The molecule has 5 nitrogen and oxygen atoms in total. The molecule has 1 N–H and O–H groups in total. The van der Waals surface area contributed by atoms with E-state index in [9.17, 15) is 4.79 Å². The van der Waals surface area contributed by atoms with Crippen molar-refractivity contribution < 1.29 is 14.3 Å². The Labute approximate surface area is 137 Å². The maximum Gasteiger partial charge on any atom is 0.261 e. The summed E-state index contributed by atoms with van der Waals surface area (Å²) in [6, 6.07) is 8.21. The molecule has 2 aliphatic rings. The monoisotopic (exact) mass is 318 g/mol. The third-order valence-electron chi connectivity index (χ3n) is 4.60. The van der Waals surface area contributed by atoms with Crippen LogP contribution in [0.2, 0.25) is 0 Å². The fourth-order valence-electron chi connectivity index (χ4n) is 3.46. The molecule has 126 valence electrons. The quantitative estimate of drug-likeness (QED) is 0.874. The highest BCUT2D eigenvalue weighted by Gasteiger charge is 2.37. The fourth-order valence-corrected chi connectivity index (χ4v) is 3.46. The Morgan fingerprint density at radius 3 is 2.57 bits per heavy atom. The molecule has 0 saturated carbocycles. The van der Waals surface area contributed by atoms with Gasteiger partial charge in [0.15, 0.2) is 6.61 Å². The number of hydrogen-bond acceptors (Lipinski definition) is 4. The van der Waals surface area contributed by atoms with Crippen molar-refractivity contribution in [3.05, 3.63) is 24.3 Å². The lowest BCUT2D eigenvalue weighted by Crippen LogP contribution is -2.44. The van der Waals surface area contributed by atoms with Gasteiger partial charge in [0, 0.05) is 18.6 Å². The number of fused-ring (bicyclic) bond motifs is 2. The second-order valence-corrected chi connectivity index (χ2v) is 6.29. The number of nitrogens with zero attached hydrogens (tertiary/aromatic N) is 1. The standard InChI is InChI=1S/C18H26N2O3/c1-2-11-22-16-5-7-17(8-6-16)23-13-18(21)20-14-3-4-15(20)12-19-10-9-14/h5-8,14-15,19H,2-4,9-13H2,1H3. The Morgan fingerprint density at radius 1 is 1.13 bits per heavy atom. The van der Waals surface area contributed by atoms with Crippen LogP contribution < -0.4 is 14.8 Å². The van der Waals surface area contributed by atoms with E-state index in [1.165, 1.54) is 0 Å². The van der Waals surface area contributed by atoms with Gasteiger partial charge in [-0.25, -0.2) is 0 Å². The van der Waals surface area contributed by atoms with Crippen LogP contribution in [0, 0.1) is 0 Å². The molecule has 2 fully saturated rings. The van der Waals surface area contributed by atoms with Crippen LogP contribution in [0.4, 0.5) is 0 Å². The summed E-state index contributed by atoms with van der Waals surface area (Å²) in [6.45, 7) is 4.82. The smallest absolute Gasteiger partial charge is 0.261 e. The van der Waals surface area contributed by atoms with Crippen LogP contribution in [0.5, 0.6) is 11.5 Å². The van der Waals surface area contributed by atoms with Crippen molar-refractivity contribution in [3.8, 4) is 11.5 Å². The summed E-state index contributed by atoms with van der Waals surface area (Å²) in [4.78, 5) is 14.6. The highest BCUT2D eigenvalue weighted by molar-refractivity contribution is 5.79. The number of nitrogens with one attached hydrogen (secondary N) is 1. The third kappa shape index (κ3) is 3.96. The van der Waals surface area contributed by atoms with Gasteiger partial charge in [-0.2, -0.15) is 0 Å². The molecule has 2 atom stereocenters. The Balaban J connectivity index is 1.52. The fraction of sp³-hybridized carbons (Fsp3) is 0.611. The Morgan fingerprint density at radius 2 is 1.83 bits per heavy atom. The Hall–Kier alpha value is -1.75. The SMILES string of the molecule is CCCOc1ccc(OCC(=O)N2C3CCNCC2CC3)cc1. The summed E-state index contributed by atoms with van der Waals surface area (Å²) >= 11 is 0. The third-order valence-corrected chi connectivity index (χ3v) is 4.60. The van der Waals surface area contributed by atoms with E-state index < -0.39 is 0 Å². The van der Waals surface area contributed by atoms with Gasteiger partial charge in [-0.1, -0.05) is 6.92 Å². The summed E-state index contributed by atoms with van der Waals surface area (Å²) < 4.78 is 11.2. The zero-order chi connectivity index (χ0) is 16.1. The van der Waals surface area contributed by atoms with E-state index in [-0.39, 0.29) is 12.5 Å². The predicted molar refractivity (Wildman–Crippen MR) is 88.9 cm³/mol. The summed E-state index contributed by atoms with van der Waals surface area (Å²) in [5, 5.41) is 3.41. The van der Waals surface area contributed by atoms with Gasteiger partial charge < -0.3 is 19.7 Å². The molecule has 2 unspecified atom stereocenters. The van der Waals surface area contributed by atoms with E-state index in [0.717, 1.165) is 44.5 Å². The van der Waals surface area contributed by atoms with Crippen molar-refractivity contribution in [1.29, 1.82) is 0 Å². The van der Waals surface area contributed by atoms with E-state index in [2.05, 4.69) is 17.1 Å². The maximum absolute atomic E-state index is 12.5. The first-order chi connectivity index (χ1) is 11.3. The van der Waals surface area contributed by atoms with Crippen molar-refractivity contribution in [1.82, 2.24) is 10.2 Å². The van der Waals surface area contributed by atoms with Gasteiger partial charge >= 0.3 is 0 Å². The lowest BCUT2D eigenvalue weighted by molar-refractivity contribution is -0.136. The number of amides is 1. The minimum atomic E-state index is 0.104. The Bertz CT molecular complexity index is 504. The lowest BCUT2D eigenvalue weighted by Gasteiger charge is -2.27. The molecule has 0 aromatic heterocycles. The molecule has 1 aromatic rings. The number of hydrogen-bond donors (Lipinski definition) is 1. The predicted octanol–water partition coefficient (Wildman–Crippen LogP) is 2.21. The first kappa shape index (κ1) is 16.1. The maximum atomic E-state index is 12.5. The van der Waals surface area contributed by atoms with E-state index >= 15 is 0 Å². The van der Waals surface area contributed by atoms with Gasteiger partial charge in [0.1, 0.15) is 11.5 Å². The largest absolute Gasteiger partial charge is 0.494 e. The van der Waals surface area contributed by atoms with E-state index in [4.69, 9.17) is 9.47 Å². The molecule has 2 heterocycles. The van der Waals surface area contributed by atoms with Gasteiger partial charge in [0.05, 0.1) is 6.61 Å². The van der Waals surface area contributed by atoms with Crippen molar-refractivity contribution in [2.24, 2.45) is 0 Å². The molecular formula is C18H26N2O3. The summed E-state index contributed by atoms with van der Waals surface area (Å²) in [5.41, 5.74) is 0. The Kier molecular flexibility index (Phi) is 5.39. The number of rotatable bonds is 6. The van der Waals surface area contributed by atoms with Gasteiger partial charge in [-0.3, -0.25) is 4.79 Å². The minimum absolute atomic E-state index is 0.104. The highest BCUT2D eigenvalue weighted by atomic mass is 16.5. The summed E-state index contributed by atoms with van der Waals surface area (Å²) in [5.74, 6) is 1.65. The lowest BCUT2D eigenvalue weighted by atomic mass is 10.1. The second-order valence-electron chi connectivity index (χ2n) is 6.29. The molecule has 2 saturated heterocycles. The molecule has 2 bridgehead atoms. The molecular weight excluding hydrogens is 292 g/mol. The van der Waals surface area contributed by atoms with Crippen LogP contribution in [-0.4, -0.2) is 49.2 Å². The molecule has 1 amide bonds. The molecule has 23 heavy (non-hydrogen) atoms. The summed E-state index contributed by atoms with van der Waals surface area (Å²) in [7, 11) is 0. The second kappa shape index (κ2) is 7.68.